The lowest BCUT2D eigenvalue weighted by atomic mass is 9.98. The van der Waals surface area contributed by atoms with E-state index in [-0.39, 0.29) is 12.6 Å². The van der Waals surface area contributed by atoms with Crippen molar-refractivity contribution in [3.05, 3.63) is 0 Å². The molecule has 1 aliphatic rings. The van der Waals surface area contributed by atoms with Crippen LogP contribution in [0.15, 0.2) is 0 Å². The molecule has 0 aromatic heterocycles. The standard InChI is InChI=1S/C10H19NO3S/c1-11-10(9(13)14-2)4-3-8(7-10)15-6-5-12/h8,11-12H,3-7H2,1-2H3. The van der Waals surface area contributed by atoms with Crippen molar-refractivity contribution in [2.75, 3.05) is 26.5 Å². The predicted octanol–water partition coefficient (Wildman–Crippen LogP) is 0.396. The quantitative estimate of drug-likeness (QED) is 0.673. The normalized spacial score (nSPS) is 30.5. The third kappa shape index (κ3) is 2.86. The summed E-state index contributed by atoms with van der Waals surface area (Å²) in [5.74, 6) is 0.572. The Balaban J connectivity index is 2.53. The van der Waals surface area contributed by atoms with E-state index < -0.39 is 5.54 Å². The summed E-state index contributed by atoms with van der Waals surface area (Å²) in [6, 6.07) is 0. The number of hydrogen-bond acceptors (Lipinski definition) is 5. The first-order valence-corrected chi connectivity index (χ1v) is 6.23. The van der Waals surface area contributed by atoms with E-state index in [9.17, 15) is 4.79 Å². The zero-order chi connectivity index (χ0) is 11.3. The van der Waals surface area contributed by atoms with Gasteiger partial charge in [0.1, 0.15) is 5.54 Å². The summed E-state index contributed by atoms with van der Waals surface area (Å²) < 4.78 is 4.82. The Hall–Kier alpha value is -0.260. The zero-order valence-corrected chi connectivity index (χ0v) is 10.1. The van der Waals surface area contributed by atoms with Gasteiger partial charge in [-0.3, -0.25) is 4.79 Å². The highest BCUT2D eigenvalue weighted by molar-refractivity contribution is 7.99. The van der Waals surface area contributed by atoms with Crippen LogP contribution in [0.5, 0.6) is 0 Å². The van der Waals surface area contributed by atoms with Gasteiger partial charge in [0.2, 0.25) is 0 Å². The van der Waals surface area contributed by atoms with Gasteiger partial charge in [-0.1, -0.05) is 0 Å². The van der Waals surface area contributed by atoms with Gasteiger partial charge in [-0.2, -0.15) is 11.8 Å². The highest BCUT2D eigenvalue weighted by atomic mass is 32.2. The van der Waals surface area contributed by atoms with E-state index in [1.54, 1.807) is 18.8 Å². The maximum Gasteiger partial charge on any atom is 0.326 e. The molecule has 0 saturated heterocycles. The van der Waals surface area contributed by atoms with Crippen LogP contribution in [0.4, 0.5) is 0 Å². The second-order valence-electron chi connectivity index (χ2n) is 3.78. The SMILES string of the molecule is CNC1(C(=O)OC)CCC(SCCO)C1. The summed E-state index contributed by atoms with van der Waals surface area (Å²) >= 11 is 1.73. The molecule has 5 heteroatoms. The number of hydrogen-bond donors (Lipinski definition) is 2. The molecule has 4 nitrogen and oxygen atoms in total. The topological polar surface area (TPSA) is 58.6 Å². The molecule has 2 N–H and O–H groups in total. The maximum absolute atomic E-state index is 11.6. The number of rotatable bonds is 5. The van der Waals surface area contributed by atoms with E-state index in [4.69, 9.17) is 9.84 Å². The Labute approximate surface area is 94.8 Å². The van der Waals surface area contributed by atoms with Crippen molar-refractivity contribution in [2.24, 2.45) is 0 Å². The number of thioether (sulfide) groups is 1. The van der Waals surface area contributed by atoms with Crippen LogP contribution >= 0.6 is 11.8 Å². The molecule has 0 heterocycles. The second kappa shape index (κ2) is 5.72. The molecule has 2 atom stereocenters. The number of aliphatic hydroxyl groups excluding tert-OH is 1. The van der Waals surface area contributed by atoms with E-state index in [0.29, 0.717) is 5.25 Å². The first-order chi connectivity index (χ1) is 7.18. The van der Waals surface area contributed by atoms with Crippen molar-refractivity contribution >= 4 is 17.7 Å². The molecule has 0 aromatic rings. The number of likely N-dealkylation sites (N-methyl/N-ethyl adjacent to an activating group) is 1. The Morgan fingerprint density at radius 3 is 3.00 bits per heavy atom. The van der Waals surface area contributed by atoms with Crippen LogP contribution < -0.4 is 5.32 Å². The Morgan fingerprint density at radius 2 is 2.47 bits per heavy atom. The molecule has 88 valence electrons. The fourth-order valence-electron chi connectivity index (χ4n) is 2.07. The fourth-order valence-corrected chi connectivity index (χ4v) is 3.20. The predicted molar refractivity (Wildman–Crippen MR) is 61.0 cm³/mol. The van der Waals surface area contributed by atoms with Gasteiger partial charge in [0.25, 0.3) is 0 Å². The number of esters is 1. The van der Waals surface area contributed by atoms with Gasteiger partial charge in [0.05, 0.1) is 13.7 Å². The summed E-state index contributed by atoms with van der Waals surface area (Å²) in [6.07, 6.45) is 2.61. The lowest BCUT2D eigenvalue weighted by Gasteiger charge is -2.25. The third-order valence-corrected chi connectivity index (χ3v) is 4.26. The summed E-state index contributed by atoms with van der Waals surface area (Å²) in [6.45, 7) is 0.200. The average molecular weight is 233 g/mol. The van der Waals surface area contributed by atoms with Crippen LogP contribution in [0.2, 0.25) is 0 Å². The highest BCUT2D eigenvalue weighted by Crippen LogP contribution is 2.37. The highest BCUT2D eigenvalue weighted by Gasteiger charge is 2.45. The molecule has 0 aliphatic heterocycles. The molecule has 1 rings (SSSR count). The van der Waals surface area contributed by atoms with Crippen LogP contribution in [0.25, 0.3) is 0 Å². The van der Waals surface area contributed by atoms with E-state index in [2.05, 4.69) is 5.32 Å². The first kappa shape index (κ1) is 12.8. The van der Waals surface area contributed by atoms with E-state index in [1.165, 1.54) is 7.11 Å². The molecule has 0 radical (unpaired) electrons. The minimum absolute atomic E-state index is 0.169. The minimum atomic E-state index is -0.498. The van der Waals surface area contributed by atoms with Crippen molar-refractivity contribution in [3.63, 3.8) is 0 Å². The lowest BCUT2D eigenvalue weighted by molar-refractivity contribution is -0.148. The van der Waals surface area contributed by atoms with Crippen LogP contribution in [0, 0.1) is 0 Å². The van der Waals surface area contributed by atoms with Crippen LogP contribution in [-0.4, -0.2) is 48.4 Å². The molecule has 0 spiro atoms. The summed E-state index contributed by atoms with van der Waals surface area (Å²) in [7, 11) is 3.23. The fraction of sp³-hybridized carbons (Fsp3) is 0.900. The Kier molecular flexibility index (Phi) is 4.89. The molecule has 0 bridgehead atoms. The molecule has 0 amide bonds. The van der Waals surface area contributed by atoms with Crippen LogP contribution in [-0.2, 0) is 9.53 Å². The van der Waals surface area contributed by atoms with Gasteiger partial charge in [-0.25, -0.2) is 0 Å². The number of carbonyl (C=O) groups is 1. The van der Waals surface area contributed by atoms with Crippen LogP contribution in [0.3, 0.4) is 0 Å². The summed E-state index contributed by atoms with van der Waals surface area (Å²) in [5, 5.41) is 12.3. The average Bonchev–Trinajstić information content (AvgIpc) is 2.70. The molecule has 1 saturated carbocycles. The van der Waals surface area contributed by atoms with Gasteiger partial charge in [0, 0.05) is 11.0 Å². The number of aliphatic hydroxyl groups is 1. The van der Waals surface area contributed by atoms with Crippen molar-refractivity contribution in [1.82, 2.24) is 5.32 Å². The number of methoxy groups -OCH3 is 1. The zero-order valence-electron chi connectivity index (χ0n) is 9.28. The monoisotopic (exact) mass is 233 g/mol. The molecule has 0 aromatic carbocycles. The van der Waals surface area contributed by atoms with E-state index in [1.807, 2.05) is 0 Å². The van der Waals surface area contributed by atoms with Gasteiger partial charge in [0.15, 0.2) is 0 Å². The molecule has 15 heavy (non-hydrogen) atoms. The largest absolute Gasteiger partial charge is 0.468 e. The summed E-state index contributed by atoms with van der Waals surface area (Å²) in [4.78, 5) is 11.6. The smallest absolute Gasteiger partial charge is 0.326 e. The van der Waals surface area contributed by atoms with Crippen molar-refractivity contribution in [3.8, 4) is 0 Å². The molecular formula is C10H19NO3S. The van der Waals surface area contributed by atoms with Gasteiger partial charge in [-0.05, 0) is 26.3 Å². The Bertz CT molecular complexity index is 225. The third-order valence-electron chi connectivity index (χ3n) is 2.97. The maximum atomic E-state index is 11.6. The summed E-state index contributed by atoms with van der Waals surface area (Å²) in [5.41, 5.74) is -0.498. The van der Waals surface area contributed by atoms with E-state index >= 15 is 0 Å². The Morgan fingerprint density at radius 1 is 1.73 bits per heavy atom. The number of nitrogens with one attached hydrogen (secondary N) is 1. The number of ether oxygens (including phenoxy) is 1. The first-order valence-electron chi connectivity index (χ1n) is 5.18. The van der Waals surface area contributed by atoms with Crippen molar-refractivity contribution in [2.45, 2.75) is 30.1 Å². The molecule has 1 aliphatic carbocycles. The van der Waals surface area contributed by atoms with E-state index in [0.717, 1.165) is 25.0 Å². The van der Waals surface area contributed by atoms with Gasteiger partial charge >= 0.3 is 5.97 Å². The van der Waals surface area contributed by atoms with Gasteiger partial charge < -0.3 is 15.2 Å². The molecule has 1 fully saturated rings. The van der Waals surface area contributed by atoms with Crippen LogP contribution in [0.1, 0.15) is 19.3 Å². The van der Waals surface area contributed by atoms with Crippen molar-refractivity contribution < 1.29 is 14.6 Å². The van der Waals surface area contributed by atoms with Crippen molar-refractivity contribution in [1.29, 1.82) is 0 Å². The number of carbonyl (C=O) groups excluding carboxylic acids is 1. The molecular weight excluding hydrogens is 214 g/mol. The second-order valence-corrected chi connectivity index (χ2v) is 5.19. The lowest BCUT2D eigenvalue weighted by Crippen LogP contribution is -2.49. The molecule has 2 unspecified atom stereocenters. The van der Waals surface area contributed by atoms with Gasteiger partial charge in [-0.15, -0.1) is 0 Å². The minimum Gasteiger partial charge on any atom is -0.468 e.